The van der Waals surface area contributed by atoms with E-state index in [1.54, 1.807) is 6.07 Å². The van der Waals surface area contributed by atoms with E-state index in [-0.39, 0.29) is 5.56 Å². The Labute approximate surface area is 96.2 Å². The molecule has 0 saturated heterocycles. The molecule has 0 amide bonds. The second kappa shape index (κ2) is 5.26. The van der Waals surface area contributed by atoms with Gasteiger partial charge in [0.25, 0.3) is 0 Å². The highest BCUT2D eigenvalue weighted by Gasteiger charge is 2.18. The topological polar surface area (TPSA) is 37.3 Å². The van der Waals surface area contributed by atoms with Crippen molar-refractivity contribution in [2.24, 2.45) is 0 Å². The van der Waals surface area contributed by atoms with E-state index in [0.29, 0.717) is 0 Å². The molecule has 1 aromatic carbocycles. The fourth-order valence-corrected chi connectivity index (χ4v) is 1.93. The molecule has 82 valence electrons. The number of carboxylic acids is 1. The third kappa shape index (κ3) is 3.02. The van der Waals surface area contributed by atoms with Crippen molar-refractivity contribution in [2.45, 2.75) is 25.9 Å². The highest BCUT2D eigenvalue weighted by molar-refractivity contribution is 9.10. The summed E-state index contributed by atoms with van der Waals surface area (Å²) in [5.74, 6) is -1.45. The molecule has 1 rings (SSSR count). The van der Waals surface area contributed by atoms with Gasteiger partial charge in [-0.05, 0) is 23.6 Å². The monoisotopic (exact) mass is 274 g/mol. The lowest BCUT2D eigenvalue weighted by atomic mass is 10.1. The number of carbonyl (C=O) groups is 1. The molecule has 0 aliphatic carbocycles. The van der Waals surface area contributed by atoms with E-state index < -0.39 is 12.1 Å². The SMILES string of the molecule is CCCc1ccc(C(F)C(=O)O)cc1Br. The molecule has 1 atom stereocenters. The summed E-state index contributed by atoms with van der Waals surface area (Å²) in [7, 11) is 0. The molecule has 0 fully saturated rings. The molecule has 0 spiro atoms. The van der Waals surface area contributed by atoms with Crippen LogP contribution in [0.25, 0.3) is 0 Å². The molecule has 0 heterocycles. The van der Waals surface area contributed by atoms with Crippen LogP contribution in [0.3, 0.4) is 0 Å². The first-order valence-corrected chi connectivity index (χ1v) is 5.50. The van der Waals surface area contributed by atoms with Gasteiger partial charge in [0.1, 0.15) is 0 Å². The quantitative estimate of drug-likeness (QED) is 0.913. The van der Waals surface area contributed by atoms with E-state index in [2.05, 4.69) is 22.9 Å². The molecule has 0 aliphatic heterocycles. The minimum atomic E-state index is -1.95. The van der Waals surface area contributed by atoms with Gasteiger partial charge in [0.15, 0.2) is 0 Å². The van der Waals surface area contributed by atoms with Gasteiger partial charge in [0.2, 0.25) is 6.17 Å². The van der Waals surface area contributed by atoms with Crippen LogP contribution in [0.1, 0.15) is 30.6 Å². The smallest absolute Gasteiger partial charge is 0.343 e. The van der Waals surface area contributed by atoms with Crippen LogP contribution in [0.15, 0.2) is 22.7 Å². The van der Waals surface area contributed by atoms with E-state index in [1.165, 1.54) is 12.1 Å². The molecule has 2 nitrogen and oxygen atoms in total. The molecular formula is C11H12BrFO2. The minimum Gasteiger partial charge on any atom is -0.479 e. The molecule has 15 heavy (non-hydrogen) atoms. The molecule has 0 bridgehead atoms. The Balaban J connectivity index is 2.95. The van der Waals surface area contributed by atoms with E-state index in [0.717, 1.165) is 22.9 Å². The largest absolute Gasteiger partial charge is 0.479 e. The number of aryl methyl sites for hydroxylation is 1. The Bertz CT molecular complexity index is 366. The zero-order valence-corrected chi connectivity index (χ0v) is 9.92. The van der Waals surface area contributed by atoms with Crippen molar-refractivity contribution < 1.29 is 14.3 Å². The number of rotatable bonds is 4. The number of hydrogen-bond donors (Lipinski definition) is 1. The van der Waals surface area contributed by atoms with E-state index in [9.17, 15) is 9.18 Å². The maximum atomic E-state index is 13.1. The normalized spacial score (nSPS) is 12.5. The molecule has 0 aliphatic rings. The number of carboxylic acid groups (broad SMARTS) is 1. The highest BCUT2D eigenvalue weighted by Crippen LogP contribution is 2.25. The maximum Gasteiger partial charge on any atom is 0.343 e. The fraction of sp³-hybridized carbons (Fsp3) is 0.364. The fourth-order valence-electron chi connectivity index (χ4n) is 1.34. The first-order chi connectivity index (χ1) is 7.06. The standard InChI is InChI=1S/C11H12BrFO2/c1-2-3-7-4-5-8(6-9(7)12)10(13)11(14)15/h4-6,10H,2-3H2,1H3,(H,14,15). The van der Waals surface area contributed by atoms with Crippen LogP contribution in [0, 0.1) is 0 Å². The second-order valence-electron chi connectivity index (χ2n) is 3.30. The Morgan fingerprint density at radius 1 is 1.60 bits per heavy atom. The summed E-state index contributed by atoms with van der Waals surface area (Å²) in [6.45, 7) is 2.05. The number of aliphatic carboxylic acids is 1. The molecule has 1 N–H and O–H groups in total. The van der Waals surface area contributed by atoms with Crippen molar-refractivity contribution in [3.05, 3.63) is 33.8 Å². The van der Waals surface area contributed by atoms with E-state index in [1.807, 2.05) is 0 Å². The average molecular weight is 275 g/mol. The van der Waals surface area contributed by atoms with Gasteiger partial charge in [0, 0.05) is 4.47 Å². The van der Waals surface area contributed by atoms with Crippen molar-refractivity contribution >= 4 is 21.9 Å². The zero-order chi connectivity index (χ0) is 11.4. The predicted octanol–water partition coefficient (Wildman–Crippen LogP) is 3.50. The van der Waals surface area contributed by atoms with Crippen LogP contribution in [0.4, 0.5) is 4.39 Å². The van der Waals surface area contributed by atoms with E-state index in [4.69, 9.17) is 5.11 Å². The van der Waals surface area contributed by atoms with Crippen molar-refractivity contribution in [1.29, 1.82) is 0 Å². The molecule has 1 aromatic rings. The Hall–Kier alpha value is -0.900. The van der Waals surface area contributed by atoms with Gasteiger partial charge in [-0.2, -0.15) is 0 Å². The van der Waals surface area contributed by atoms with Crippen LogP contribution in [0.2, 0.25) is 0 Å². The minimum absolute atomic E-state index is 0.175. The molecule has 4 heteroatoms. The summed E-state index contributed by atoms with van der Waals surface area (Å²) in [5, 5.41) is 8.51. The first kappa shape index (κ1) is 12.2. The zero-order valence-electron chi connectivity index (χ0n) is 8.34. The van der Waals surface area contributed by atoms with Gasteiger partial charge in [-0.25, -0.2) is 9.18 Å². The summed E-state index contributed by atoms with van der Waals surface area (Å²) in [4.78, 5) is 10.4. The van der Waals surface area contributed by atoms with Crippen molar-refractivity contribution in [3.63, 3.8) is 0 Å². The third-order valence-corrected chi connectivity index (χ3v) is 2.84. The Kier molecular flexibility index (Phi) is 4.27. The van der Waals surface area contributed by atoms with Crippen molar-refractivity contribution in [2.75, 3.05) is 0 Å². The summed E-state index contributed by atoms with van der Waals surface area (Å²) in [5.41, 5.74) is 1.24. The van der Waals surface area contributed by atoms with Gasteiger partial charge >= 0.3 is 5.97 Å². The Morgan fingerprint density at radius 3 is 2.73 bits per heavy atom. The van der Waals surface area contributed by atoms with Crippen molar-refractivity contribution in [3.8, 4) is 0 Å². The highest BCUT2D eigenvalue weighted by atomic mass is 79.9. The van der Waals surface area contributed by atoms with Gasteiger partial charge < -0.3 is 5.11 Å². The number of halogens is 2. The molecule has 1 unspecified atom stereocenters. The molecular weight excluding hydrogens is 263 g/mol. The average Bonchev–Trinajstić information content (AvgIpc) is 2.20. The van der Waals surface area contributed by atoms with Crippen LogP contribution >= 0.6 is 15.9 Å². The van der Waals surface area contributed by atoms with Gasteiger partial charge in [-0.1, -0.05) is 41.4 Å². The number of benzene rings is 1. The van der Waals surface area contributed by atoms with Crippen LogP contribution in [0.5, 0.6) is 0 Å². The maximum absolute atomic E-state index is 13.1. The van der Waals surface area contributed by atoms with Crippen molar-refractivity contribution in [1.82, 2.24) is 0 Å². The van der Waals surface area contributed by atoms with Crippen LogP contribution in [-0.2, 0) is 11.2 Å². The number of alkyl halides is 1. The third-order valence-electron chi connectivity index (χ3n) is 2.11. The summed E-state index contributed by atoms with van der Waals surface area (Å²) < 4.78 is 13.9. The van der Waals surface area contributed by atoms with Gasteiger partial charge in [-0.3, -0.25) is 0 Å². The van der Waals surface area contributed by atoms with Crippen LogP contribution in [-0.4, -0.2) is 11.1 Å². The van der Waals surface area contributed by atoms with E-state index >= 15 is 0 Å². The lowest BCUT2D eigenvalue weighted by molar-refractivity contribution is -0.143. The van der Waals surface area contributed by atoms with Gasteiger partial charge in [0.05, 0.1) is 0 Å². The number of hydrogen-bond acceptors (Lipinski definition) is 1. The lowest BCUT2D eigenvalue weighted by Gasteiger charge is -2.07. The summed E-state index contributed by atoms with van der Waals surface area (Å²) in [6, 6.07) is 4.82. The molecule has 0 radical (unpaired) electrons. The molecule has 0 saturated carbocycles. The lowest BCUT2D eigenvalue weighted by Crippen LogP contribution is -2.06. The predicted molar refractivity (Wildman–Crippen MR) is 59.6 cm³/mol. The summed E-state index contributed by atoms with van der Waals surface area (Å²) in [6.07, 6.45) is -0.0575. The second-order valence-corrected chi connectivity index (χ2v) is 4.16. The molecule has 0 aromatic heterocycles. The summed E-state index contributed by atoms with van der Waals surface area (Å²) >= 11 is 3.31. The Morgan fingerprint density at radius 2 is 2.27 bits per heavy atom. The first-order valence-electron chi connectivity index (χ1n) is 4.71. The van der Waals surface area contributed by atoms with Crippen LogP contribution < -0.4 is 0 Å². The van der Waals surface area contributed by atoms with Gasteiger partial charge in [-0.15, -0.1) is 0 Å².